The summed E-state index contributed by atoms with van der Waals surface area (Å²) in [5.41, 5.74) is 0.612. The first-order valence-corrected chi connectivity index (χ1v) is 9.60. The lowest BCUT2D eigenvalue weighted by Gasteiger charge is -2.13. The van der Waals surface area contributed by atoms with Crippen LogP contribution in [0.5, 0.6) is 0 Å². The predicted molar refractivity (Wildman–Crippen MR) is 107 cm³/mol. The Bertz CT molecular complexity index is 773. The van der Waals surface area contributed by atoms with Gasteiger partial charge in [-0.15, -0.1) is 11.3 Å². The fourth-order valence-corrected chi connectivity index (χ4v) is 4.41. The largest absolute Gasteiger partial charge is 0.465 e. The van der Waals surface area contributed by atoms with Crippen molar-refractivity contribution >= 4 is 77.2 Å². The van der Waals surface area contributed by atoms with Crippen LogP contribution in [0.1, 0.15) is 22.2 Å². The Morgan fingerprint density at radius 2 is 2.04 bits per heavy atom. The van der Waals surface area contributed by atoms with Gasteiger partial charge >= 0.3 is 5.97 Å². The van der Waals surface area contributed by atoms with Crippen LogP contribution in [0.2, 0.25) is 0 Å². The average molecular weight is 496 g/mol. The van der Waals surface area contributed by atoms with Crippen LogP contribution in [0.4, 0.5) is 15.1 Å². The predicted octanol–water partition coefficient (Wildman–Crippen LogP) is 5.57. The summed E-state index contributed by atoms with van der Waals surface area (Å²) < 4.78 is 20.0. The highest BCUT2D eigenvalue weighted by Gasteiger charge is 2.18. The Kier molecular flexibility index (Phi) is 6.73. The van der Waals surface area contributed by atoms with Crippen molar-refractivity contribution in [2.45, 2.75) is 13.3 Å². The number of nitrogens with one attached hydrogen (secondary N) is 2. The normalized spacial score (nSPS) is 10.4. The number of halogens is 3. The third-order valence-corrected chi connectivity index (χ3v) is 5.49. The molecule has 0 fully saturated rings. The number of hydrogen-bond acceptors (Lipinski definition) is 4. The van der Waals surface area contributed by atoms with E-state index in [2.05, 4.69) is 42.5 Å². The smallest absolute Gasteiger partial charge is 0.340 e. The number of carbonyl (C=O) groups excluding carboxylic acids is 1. The molecule has 24 heavy (non-hydrogen) atoms. The molecule has 0 bridgehead atoms. The third kappa shape index (κ3) is 4.53. The van der Waals surface area contributed by atoms with Crippen molar-refractivity contribution in [2.75, 3.05) is 17.7 Å². The van der Waals surface area contributed by atoms with Crippen molar-refractivity contribution in [1.82, 2.24) is 0 Å². The van der Waals surface area contributed by atoms with Gasteiger partial charge in [-0.2, -0.15) is 0 Å². The minimum atomic E-state index is -0.464. The molecule has 1 aromatic heterocycles. The van der Waals surface area contributed by atoms with Gasteiger partial charge in [0, 0.05) is 13.8 Å². The molecular formula is C15H13Br2FN2O2S2. The van der Waals surface area contributed by atoms with Gasteiger partial charge in [0.15, 0.2) is 5.11 Å². The van der Waals surface area contributed by atoms with Crippen LogP contribution in [0.15, 0.2) is 27.1 Å². The summed E-state index contributed by atoms with van der Waals surface area (Å²) >= 11 is 13.1. The molecule has 9 heteroatoms. The summed E-state index contributed by atoms with van der Waals surface area (Å²) in [5.74, 6) is -0.915. The summed E-state index contributed by atoms with van der Waals surface area (Å²) in [5, 5.41) is 6.47. The molecule has 4 nitrogen and oxygen atoms in total. The fraction of sp³-hybridized carbons (Fsp3) is 0.200. The average Bonchev–Trinajstić information content (AvgIpc) is 2.93. The molecule has 0 amide bonds. The quantitative estimate of drug-likeness (QED) is 0.429. The first kappa shape index (κ1) is 19.3. The van der Waals surface area contributed by atoms with E-state index in [1.54, 1.807) is 12.1 Å². The van der Waals surface area contributed by atoms with Crippen molar-refractivity contribution in [2.24, 2.45) is 0 Å². The number of anilines is 2. The lowest BCUT2D eigenvalue weighted by atomic mass is 10.2. The van der Waals surface area contributed by atoms with E-state index in [0.717, 1.165) is 11.3 Å². The maximum absolute atomic E-state index is 14.0. The second kappa shape index (κ2) is 8.37. The maximum Gasteiger partial charge on any atom is 0.340 e. The number of carbonyl (C=O) groups is 1. The van der Waals surface area contributed by atoms with Crippen LogP contribution in [-0.4, -0.2) is 18.2 Å². The monoisotopic (exact) mass is 494 g/mol. The van der Waals surface area contributed by atoms with Gasteiger partial charge in [0.1, 0.15) is 10.8 Å². The van der Waals surface area contributed by atoms with Crippen LogP contribution < -0.4 is 10.6 Å². The Balaban J connectivity index is 2.22. The minimum absolute atomic E-state index is 0.173. The molecule has 0 aliphatic rings. The van der Waals surface area contributed by atoms with Gasteiger partial charge in [-0.3, -0.25) is 0 Å². The second-order valence-corrected chi connectivity index (χ2v) is 7.94. The number of aryl methyl sites for hydroxylation is 1. The van der Waals surface area contributed by atoms with Crippen LogP contribution in [0, 0.1) is 5.82 Å². The zero-order valence-electron chi connectivity index (χ0n) is 12.7. The van der Waals surface area contributed by atoms with Crippen molar-refractivity contribution in [3.63, 3.8) is 0 Å². The highest BCUT2D eigenvalue weighted by Crippen LogP contribution is 2.32. The van der Waals surface area contributed by atoms with Gasteiger partial charge in [0.2, 0.25) is 0 Å². The molecule has 0 saturated heterocycles. The molecule has 2 rings (SSSR count). The SMILES string of the molecule is CCc1cc(C(=O)OC)c(NC(=S)Nc2c(F)cc(Br)cc2Br)s1. The van der Waals surface area contributed by atoms with E-state index in [4.69, 9.17) is 17.0 Å². The number of hydrogen-bond donors (Lipinski definition) is 2. The molecular weight excluding hydrogens is 483 g/mol. The number of thiocarbonyl (C=S) groups is 1. The summed E-state index contributed by atoms with van der Waals surface area (Å²) in [6.45, 7) is 1.99. The van der Waals surface area contributed by atoms with Crippen LogP contribution in [0.25, 0.3) is 0 Å². The van der Waals surface area contributed by atoms with Crippen LogP contribution in [-0.2, 0) is 11.2 Å². The highest BCUT2D eigenvalue weighted by molar-refractivity contribution is 9.11. The molecule has 0 radical (unpaired) electrons. The number of ether oxygens (including phenoxy) is 1. The summed E-state index contributed by atoms with van der Waals surface area (Å²) in [7, 11) is 1.32. The zero-order chi connectivity index (χ0) is 17.9. The van der Waals surface area contributed by atoms with Crippen molar-refractivity contribution in [3.8, 4) is 0 Å². The molecule has 0 spiro atoms. The van der Waals surface area contributed by atoms with Gasteiger partial charge in [0.25, 0.3) is 0 Å². The fourth-order valence-electron chi connectivity index (χ4n) is 1.88. The first-order chi connectivity index (χ1) is 11.3. The van der Waals surface area contributed by atoms with Gasteiger partial charge < -0.3 is 15.4 Å². The molecule has 0 saturated carbocycles. The van der Waals surface area contributed by atoms with E-state index in [-0.39, 0.29) is 10.8 Å². The molecule has 1 aromatic carbocycles. The summed E-state index contributed by atoms with van der Waals surface area (Å²) in [6.07, 6.45) is 0.781. The standard InChI is InChI=1S/C15H13Br2FN2O2S2/c1-3-8-6-9(14(21)22-2)13(24-8)20-15(23)19-12-10(17)4-7(16)5-11(12)18/h4-6H,3H2,1-2H3,(H2,19,20,23). The minimum Gasteiger partial charge on any atom is -0.465 e. The highest BCUT2D eigenvalue weighted by atomic mass is 79.9. The molecule has 0 atom stereocenters. The van der Waals surface area contributed by atoms with E-state index in [1.165, 1.54) is 24.5 Å². The lowest BCUT2D eigenvalue weighted by molar-refractivity contribution is 0.0602. The molecule has 128 valence electrons. The van der Waals surface area contributed by atoms with Crippen molar-refractivity contribution < 1.29 is 13.9 Å². The zero-order valence-corrected chi connectivity index (χ0v) is 17.5. The van der Waals surface area contributed by atoms with Crippen molar-refractivity contribution in [3.05, 3.63) is 43.4 Å². The number of benzene rings is 1. The topological polar surface area (TPSA) is 50.4 Å². The van der Waals surface area contributed by atoms with Gasteiger partial charge in [-0.1, -0.05) is 22.9 Å². The number of rotatable bonds is 4. The van der Waals surface area contributed by atoms with Crippen molar-refractivity contribution in [1.29, 1.82) is 0 Å². The lowest BCUT2D eigenvalue weighted by Crippen LogP contribution is -2.20. The maximum atomic E-state index is 14.0. The van der Waals surface area contributed by atoms with Crippen LogP contribution in [0.3, 0.4) is 0 Å². The van der Waals surface area contributed by atoms with Gasteiger partial charge in [-0.05, 0) is 52.8 Å². The van der Waals surface area contributed by atoms with E-state index >= 15 is 0 Å². The molecule has 1 heterocycles. The Hall–Kier alpha value is -1.03. The van der Waals surface area contributed by atoms with Gasteiger partial charge in [0.05, 0.1) is 18.4 Å². The first-order valence-electron chi connectivity index (χ1n) is 6.79. The van der Waals surface area contributed by atoms with Crippen LogP contribution >= 0.6 is 55.4 Å². The van der Waals surface area contributed by atoms with E-state index in [0.29, 0.717) is 19.5 Å². The Morgan fingerprint density at radius 3 is 2.62 bits per heavy atom. The summed E-state index contributed by atoms with van der Waals surface area (Å²) in [4.78, 5) is 12.9. The number of thiophene rings is 1. The number of esters is 1. The molecule has 0 aliphatic heterocycles. The second-order valence-electron chi connectivity index (χ2n) is 4.62. The Morgan fingerprint density at radius 1 is 1.33 bits per heavy atom. The molecule has 2 aromatic rings. The van der Waals surface area contributed by atoms with Gasteiger partial charge in [-0.25, -0.2) is 9.18 Å². The van der Waals surface area contributed by atoms with E-state index < -0.39 is 11.8 Å². The third-order valence-electron chi connectivity index (χ3n) is 3.01. The summed E-state index contributed by atoms with van der Waals surface area (Å²) in [6, 6.07) is 4.79. The molecule has 0 aliphatic carbocycles. The van der Waals surface area contributed by atoms with E-state index in [9.17, 15) is 9.18 Å². The van der Waals surface area contributed by atoms with E-state index in [1.807, 2.05) is 6.92 Å². The number of methoxy groups -OCH3 is 1. The molecule has 0 unspecified atom stereocenters. The molecule has 2 N–H and O–H groups in total. The Labute approximate surface area is 165 Å².